The molecule has 1 amide bonds. The molecule has 4 heteroatoms. The van der Waals surface area contributed by atoms with E-state index in [0.29, 0.717) is 13.0 Å². The van der Waals surface area contributed by atoms with Crippen molar-refractivity contribution in [2.75, 3.05) is 13.1 Å². The van der Waals surface area contributed by atoms with E-state index in [0.717, 1.165) is 12.8 Å². The molecule has 0 aromatic heterocycles. The van der Waals surface area contributed by atoms with Gasteiger partial charge in [-0.15, -0.1) is 0 Å². The van der Waals surface area contributed by atoms with Gasteiger partial charge in [0.1, 0.15) is 6.54 Å². The largest absolute Gasteiger partial charge is 0.480 e. The first-order valence-corrected chi connectivity index (χ1v) is 11.6. The molecule has 0 aromatic carbocycles. The minimum atomic E-state index is -0.933. The highest BCUT2D eigenvalue weighted by atomic mass is 16.4. The summed E-state index contributed by atoms with van der Waals surface area (Å²) in [5, 5.41) is 8.78. The summed E-state index contributed by atoms with van der Waals surface area (Å²) in [4.78, 5) is 24.0. The van der Waals surface area contributed by atoms with E-state index in [9.17, 15) is 9.59 Å². The van der Waals surface area contributed by atoms with Crippen LogP contribution in [0.1, 0.15) is 123 Å². The van der Waals surface area contributed by atoms with Crippen LogP contribution in [-0.4, -0.2) is 35.0 Å². The van der Waals surface area contributed by atoms with Crippen molar-refractivity contribution in [3.63, 3.8) is 0 Å². The Hall–Kier alpha value is -1.06. The van der Waals surface area contributed by atoms with Gasteiger partial charge < -0.3 is 10.0 Å². The van der Waals surface area contributed by atoms with Crippen molar-refractivity contribution in [2.45, 2.75) is 123 Å². The third-order valence-electron chi connectivity index (χ3n) is 5.30. The highest BCUT2D eigenvalue weighted by Crippen LogP contribution is 2.14. The second-order valence-corrected chi connectivity index (χ2v) is 7.85. The second-order valence-electron chi connectivity index (χ2n) is 7.85. The maximum Gasteiger partial charge on any atom is 0.323 e. The van der Waals surface area contributed by atoms with Crippen molar-refractivity contribution in [3.05, 3.63) is 0 Å². The van der Waals surface area contributed by atoms with Crippen molar-refractivity contribution in [1.82, 2.24) is 4.90 Å². The number of carbonyl (C=O) groups excluding carboxylic acids is 1. The van der Waals surface area contributed by atoms with Crippen LogP contribution in [0.25, 0.3) is 0 Å². The van der Waals surface area contributed by atoms with Gasteiger partial charge in [-0.3, -0.25) is 9.59 Å². The predicted molar refractivity (Wildman–Crippen MR) is 114 cm³/mol. The number of carbonyl (C=O) groups is 2. The Labute approximate surface area is 168 Å². The Balaban J connectivity index is 3.29. The van der Waals surface area contributed by atoms with Gasteiger partial charge in [0.2, 0.25) is 5.91 Å². The molecule has 0 saturated heterocycles. The van der Waals surface area contributed by atoms with Crippen LogP contribution >= 0.6 is 0 Å². The summed E-state index contributed by atoms with van der Waals surface area (Å²) in [5.74, 6) is -0.956. The van der Waals surface area contributed by atoms with Crippen LogP contribution in [-0.2, 0) is 9.59 Å². The van der Waals surface area contributed by atoms with Crippen LogP contribution in [0.15, 0.2) is 0 Å². The summed E-state index contributed by atoms with van der Waals surface area (Å²) in [6.07, 6.45) is 21.6. The Morgan fingerprint density at radius 3 is 1.33 bits per heavy atom. The first kappa shape index (κ1) is 25.9. The van der Waals surface area contributed by atoms with Crippen LogP contribution in [0.2, 0.25) is 0 Å². The molecule has 0 radical (unpaired) electrons. The molecule has 1 N–H and O–H groups in total. The molecule has 0 heterocycles. The summed E-state index contributed by atoms with van der Waals surface area (Å²) >= 11 is 0. The number of carboxylic acids is 1. The first-order valence-electron chi connectivity index (χ1n) is 11.6. The van der Waals surface area contributed by atoms with Gasteiger partial charge in [-0.1, -0.05) is 103 Å². The highest BCUT2D eigenvalue weighted by molar-refractivity contribution is 5.81. The number of likely N-dealkylation sites (N-methyl/N-ethyl adjacent to an activating group) is 1. The molecule has 0 atom stereocenters. The van der Waals surface area contributed by atoms with Crippen molar-refractivity contribution >= 4 is 11.9 Å². The molecular formula is C23H45NO3. The molecular weight excluding hydrogens is 338 g/mol. The number of rotatable bonds is 20. The monoisotopic (exact) mass is 383 g/mol. The quantitative estimate of drug-likeness (QED) is 0.242. The lowest BCUT2D eigenvalue weighted by molar-refractivity contribution is -0.144. The summed E-state index contributed by atoms with van der Waals surface area (Å²) in [5.41, 5.74) is 0. The van der Waals surface area contributed by atoms with Crippen molar-refractivity contribution < 1.29 is 14.7 Å². The Morgan fingerprint density at radius 2 is 1.00 bits per heavy atom. The predicted octanol–water partition coefficient (Wildman–Crippen LogP) is 6.57. The van der Waals surface area contributed by atoms with E-state index in [1.807, 2.05) is 6.92 Å². The highest BCUT2D eigenvalue weighted by Gasteiger charge is 2.13. The van der Waals surface area contributed by atoms with E-state index in [1.54, 1.807) is 0 Å². The molecule has 0 aliphatic carbocycles. The molecule has 0 rings (SSSR count). The van der Waals surface area contributed by atoms with Gasteiger partial charge in [0.05, 0.1) is 0 Å². The molecule has 0 aromatic rings. The molecule has 4 nitrogen and oxygen atoms in total. The lowest BCUT2D eigenvalue weighted by Crippen LogP contribution is -2.35. The number of amides is 1. The summed E-state index contributed by atoms with van der Waals surface area (Å²) in [6.45, 7) is 4.40. The Morgan fingerprint density at radius 1 is 0.630 bits per heavy atom. The van der Waals surface area contributed by atoms with E-state index in [2.05, 4.69) is 6.92 Å². The average Bonchev–Trinajstić information content (AvgIpc) is 2.65. The van der Waals surface area contributed by atoms with Crippen LogP contribution < -0.4 is 0 Å². The molecule has 0 aliphatic heterocycles. The lowest BCUT2D eigenvalue weighted by Gasteiger charge is -2.18. The van der Waals surface area contributed by atoms with Gasteiger partial charge in [-0.05, 0) is 13.3 Å². The fraction of sp³-hybridized carbons (Fsp3) is 0.913. The van der Waals surface area contributed by atoms with Crippen LogP contribution in [0.4, 0.5) is 0 Å². The van der Waals surface area contributed by atoms with Crippen LogP contribution in [0.3, 0.4) is 0 Å². The van der Waals surface area contributed by atoms with E-state index in [4.69, 9.17) is 5.11 Å². The Kier molecular flexibility index (Phi) is 18.9. The molecule has 0 fully saturated rings. The van der Waals surface area contributed by atoms with E-state index in [1.165, 1.54) is 94.8 Å². The van der Waals surface area contributed by atoms with Crippen LogP contribution in [0, 0.1) is 0 Å². The minimum absolute atomic E-state index is 0.0229. The fourth-order valence-electron chi connectivity index (χ4n) is 3.52. The number of hydrogen-bond donors (Lipinski definition) is 1. The molecule has 0 bridgehead atoms. The molecule has 0 unspecified atom stereocenters. The molecule has 0 saturated carbocycles. The topological polar surface area (TPSA) is 57.6 Å². The van der Waals surface area contributed by atoms with Gasteiger partial charge in [-0.2, -0.15) is 0 Å². The van der Waals surface area contributed by atoms with Crippen molar-refractivity contribution in [1.29, 1.82) is 0 Å². The lowest BCUT2D eigenvalue weighted by atomic mass is 10.0. The van der Waals surface area contributed by atoms with Crippen molar-refractivity contribution in [3.8, 4) is 0 Å². The molecule has 0 aliphatic rings. The van der Waals surface area contributed by atoms with E-state index >= 15 is 0 Å². The standard InChI is InChI=1S/C23H45NO3/c1-3-5-6-7-8-9-10-11-12-13-14-15-16-17-18-19-20-22(25)24(4-2)21-23(26)27/h3-21H2,1-2H3,(H,26,27). The van der Waals surface area contributed by atoms with Gasteiger partial charge in [0.15, 0.2) is 0 Å². The number of nitrogens with zero attached hydrogens (tertiary/aromatic N) is 1. The number of hydrogen-bond acceptors (Lipinski definition) is 2. The zero-order chi connectivity index (χ0) is 20.2. The van der Waals surface area contributed by atoms with Gasteiger partial charge in [0, 0.05) is 13.0 Å². The zero-order valence-electron chi connectivity index (χ0n) is 18.1. The average molecular weight is 384 g/mol. The summed E-state index contributed by atoms with van der Waals surface area (Å²) in [7, 11) is 0. The third kappa shape index (κ3) is 18.1. The second kappa shape index (κ2) is 19.7. The SMILES string of the molecule is CCCCCCCCCCCCCCCCCCC(=O)N(CC)CC(=O)O. The maximum atomic E-state index is 11.9. The zero-order valence-corrected chi connectivity index (χ0v) is 18.1. The molecule has 160 valence electrons. The van der Waals surface area contributed by atoms with E-state index in [-0.39, 0.29) is 12.5 Å². The number of aliphatic carboxylic acids is 1. The van der Waals surface area contributed by atoms with Crippen molar-refractivity contribution in [2.24, 2.45) is 0 Å². The van der Waals surface area contributed by atoms with Crippen LogP contribution in [0.5, 0.6) is 0 Å². The van der Waals surface area contributed by atoms with E-state index < -0.39 is 5.97 Å². The maximum absolute atomic E-state index is 11.9. The smallest absolute Gasteiger partial charge is 0.323 e. The first-order chi connectivity index (χ1) is 13.1. The summed E-state index contributed by atoms with van der Waals surface area (Å²) < 4.78 is 0. The normalized spacial score (nSPS) is 10.9. The third-order valence-corrected chi connectivity index (χ3v) is 5.30. The number of unbranched alkanes of at least 4 members (excludes halogenated alkanes) is 15. The van der Waals surface area contributed by atoms with Gasteiger partial charge in [0.25, 0.3) is 0 Å². The van der Waals surface area contributed by atoms with Gasteiger partial charge in [-0.25, -0.2) is 0 Å². The fourth-order valence-corrected chi connectivity index (χ4v) is 3.52. The number of carboxylic acid groups (broad SMARTS) is 1. The van der Waals surface area contributed by atoms with Gasteiger partial charge >= 0.3 is 5.97 Å². The summed E-state index contributed by atoms with van der Waals surface area (Å²) in [6, 6.07) is 0. The Bertz CT molecular complexity index is 358. The minimum Gasteiger partial charge on any atom is -0.480 e. The molecule has 27 heavy (non-hydrogen) atoms. The molecule has 0 spiro atoms.